The third kappa shape index (κ3) is 4.66. The number of nitrogens with zero attached hydrogens (tertiary/aromatic N) is 3. The molecule has 168 valence electrons. The molecular formula is C24H30F3N3O. The summed E-state index contributed by atoms with van der Waals surface area (Å²) in [4.78, 5) is 19.4. The van der Waals surface area contributed by atoms with Crippen LogP contribution in [0.2, 0.25) is 0 Å². The molecule has 2 aromatic rings. The summed E-state index contributed by atoms with van der Waals surface area (Å²) in [5.41, 5.74) is 2.44. The Balaban J connectivity index is 1.59. The minimum Gasteiger partial charge on any atom is -0.370 e. The van der Waals surface area contributed by atoms with Crippen LogP contribution in [0.1, 0.15) is 43.5 Å². The van der Waals surface area contributed by atoms with Crippen molar-refractivity contribution in [1.82, 2.24) is 4.90 Å². The molecule has 1 saturated heterocycles. The third-order valence-electron chi connectivity index (χ3n) is 6.16. The van der Waals surface area contributed by atoms with Gasteiger partial charge < -0.3 is 14.7 Å². The lowest BCUT2D eigenvalue weighted by Crippen LogP contribution is -2.33. The molecule has 0 atom stereocenters. The summed E-state index contributed by atoms with van der Waals surface area (Å²) >= 11 is 0. The molecule has 1 fully saturated rings. The van der Waals surface area contributed by atoms with Gasteiger partial charge >= 0.3 is 6.18 Å². The van der Waals surface area contributed by atoms with Gasteiger partial charge in [-0.15, -0.1) is 0 Å². The monoisotopic (exact) mass is 433 g/mol. The molecular weight excluding hydrogens is 403 g/mol. The third-order valence-corrected chi connectivity index (χ3v) is 6.16. The number of alkyl halides is 3. The normalized spacial score (nSPS) is 17.8. The fourth-order valence-electron chi connectivity index (χ4n) is 4.88. The van der Waals surface area contributed by atoms with E-state index in [9.17, 15) is 18.0 Å². The molecule has 2 aromatic carbocycles. The van der Waals surface area contributed by atoms with E-state index in [0.29, 0.717) is 11.5 Å². The summed E-state index contributed by atoms with van der Waals surface area (Å²) in [6, 6.07) is 9.64. The maximum absolute atomic E-state index is 12.9. The predicted molar refractivity (Wildman–Crippen MR) is 119 cm³/mol. The van der Waals surface area contributed by atoms with Crippen LogP contribution in [0.15, 0.2) is 30.3 Å². The van der Waals surface area contributed by atoms with Gasteiger partial charge in [-0.05, 0) is 43.5 Å². The van der Waals surface area contributed by atoms with Gasteiger partial charge in [0.1, 0.15) is 0 Å². The molecule has 0 bridgehead atoms. The molecule has 0 aromatic heterocycles. The number of halogens is 3. The predicted octanol–water partition coefficient (Wildman–Crippen LogP) is 5.31. The van der Waals surface area contributed by atoms with E-state index in [1.54, 1.807) is 6.07 Å². The van der Waals surface area contributed by atoms with Crippen LogP contribution in [0.5, 0.6) is 0 Å². The second-order valence-electron chi connectivity index (χ2n) is 9.04. The zero-order valence-electron chi connectivity index (χ0n) is 18.2. The number of amides is 1. The van der Waals surface area contributed by atoms with Crippen molar-refractivity contribution in [2.45, 2.75) is 39.3 Å². The highest BCUT2D eigenvalue weighted by molar-refractivity contribution is 6.26. The van der Waals surface area contributed by atoms with Gasteiger partial charge in [0, 0.05) is 61.2 Å². The van der Waals surface area contributed by atoms with Crippen molar-refractivity contribution in [1.29, 1.82) is 0 Å². The molecule has 31 heavy (non-hydrogen) atoms. The summed E-state index contributed by atoms with van der Waals surface area (Å²) in [5.74, 6) is 0.441. The summed E-state index contributed by atoms with van der Waals surface area (Å²) in [5, 5.41) is 1.89. The minimum atomic E-state index is -4.20. The van der Waals surface area contributed by atoms with Crippen LogP contribution in [0.3, 0.4) is 0 Å². The van der Waals surface area contributed by atoms with Crippen LogP contribution in [0.25, 0.3) is 10.8 Å². The summed E-state index contributed by atoms with van der Waals surface area (Å²) in [6.07, 6.45) is -4.09. The highest BCUT2D eigenvalue weighted by atomic mass is 19.4. The van der Waals surface area contributed by atoms with Crippen LogP contribution >= 0.6 is 0 Å². The molecule has 0 unspecified atom stereocenters. The molecule has 1 amide bonds. The number of hydrogen-bond donors (Lipinski definition) is 0. The number of benzene rings is 2. The Morgan fingerprint density at radius 2 is 1.77 bits per heavy atom. The second kappa shape index (κ2) is 8.69. The summed E-state index contributed by atoms with van der Waals surface area (Å²) in [7, 11) is 0. The molecule has 2 aliphatic rings. The lowest BCUT2D eigenvalue weighted by Gasteiger charge is -2.26. The van der Waals surface area contributed by atoms with E-state index in [4.69, 9.17) is 0 Å². The number of carbonyl (C=O) groups excluding carboxylic acids is 1. The Bertz CT molecular complexity index is 957. The van der Waals surface area contributed by atoms with Gasteiger partial charge in [-0.25, -0.2) is 0 Å². The molecule has 2 heterocycles. The van der Waals surface area contributed by atoms with Crippen molar-refractivity contribution in [3.63, 3.8) is 0 Å². The Labute approximate surface area is 181 Å². The number of hydrogen-bond acceptors (Lipinski definition) is 3. The molecule has 0 spiro atoms. The number of carbonyl (C=O) groups is 1. The Morgan fingerprint density at radius 1 is 1.00 bits per heavy atom. The summed E-state index contributed by atoms with van der Waals surface area (Å²) < 4.78 is 37.8. The van der Waals surface area contributed by atoms with E-state index in [-0.39, 0.29) is 18.9 Å². The molecule has 4 nitrogen and oxygen atoms in total. The van der Waals surface area contributed by atoms with E-state index in [1.165, 1.54) is 4.90 Å². The van der Waals surface area contributed by atoms with E-state index in [0.717, 1.165) is 61.3 Å². The average molecular weight is 434 g/mol. The molecule has 0 N–H and O–H groups in total. The fraction of sp³-hybridized carbons (Fsp3) is 0.542. The molecule has 0 radical (unpaired) electrons. The topological polar surface area (TPSA) is 26.8 Å². The standard InChI is InChI=1S/C24H30F3N3O/c1-17(2)16-28-11-5-12-29(15-14-28)20-8-9-21-22-18(20)6-3-7-19(22)23(31)30(21)13-4-10-24(25,26)27/h3,6-9,17H,4-5,10-16H2,1-2H3. The quantitative estimate of drug-likeness (QED) is 0.618. The van der Waals surface area contributed by atoms with E-state index < -0.39 is 12.6 Å². The largest absolute Gasteiger partial charge is 0.389 e. The zero-order chi connectivity index (χ0) is 22.2. The van der Waals surface area contributed by atoms with Crippen molar-refractivity contribution in [2.24, 2.45) is 5.92 Å². The highest BCUT2D eigenvalue weighted by Gasteiger charge is 2.33. The first-order valence-electron chi connectivity index (χ1n) is 11.2. The van der Waals surface area contributed by atoms with Gasteiger partial charge in [0.2, 0.25) is 0 Å². The van der Waals surface area contributed by atoms with Crippen molar-refractivity contribution in [3.05, 3.63) is 35.9 Å². The maximum atomic E-state index is 12.9. The van der Waals surface area contributed by atoms with Gasteiger partial charge in [0.15, 0.2) is 0 Å². The molecule has 0 saturated carbocycles. The van der Waals surface area contributed by atoms with Gasteiger partial charge in [-0.2, -0.15) is 13.2 Å². The second-order valence-corrected chi connectivity index (χ2v) is 9.04. The molecule has 0 aliphatic carbocycles. The summed E-state index contributed by atoms with van der Waals surface area (Å²) in [6.45, 7) is 9.62. The van der Waals surface area contributed by atoms with Crippen LogP contribution < -0.4 is 9.80 Å². The van der Waals surface area contributed by atoms with Crippen molar-refractivity contribution >= 4 is 28.1 Å². The van der Waals surface area contributed by atoms with Gasteiger partial charge in [0.25, 0.3) is 5.91 Å². The Hall–Kier alpha value is -2.28. The highest BCUT2D eigenvalue weighted by Crippen LogP contribution is 2.42. The zero-order valence-corrected chi connectivity index (χ0v) is 18.2. The van der Waals surface area contributed by atoms with E-state index in [2.05, 4.69) is 23.6 Å². The SMILES string of the molecule is CC(C)CN1CCCN(c2ccc3c4c(cccc24)C(=O)N3CCCC(F)(F)F)CC1. The molecule has 2 aliphatic heterocycles. The first-order valence-corrected chi connectivity index (χ1v) is 11.2. The lowest BCUT2D eigenvalue weighted by molar-refractivity contribution is -0.135. The van der Waals surface area contributed by atoms with Gasteiger partial charge in [0.05, 0.1) is 5.69 Å². The van der Waals surface area contributed by atoms with E-state index in [1.807, 2.05) is 24.3 Å². The minimum absolute atomic E-state index is 0.0787. The van der Waals surface area contributed by atoms with Gasteiger partial charge in [-0.1, -0.05) is 26.0 Å². The van der Waals surface area contributed by atoms with Crippen molar-refractivity contribution in [3.8, 4) is 0 Å². The lowest BCUT2D eigenvalue weighted by atomic mass is 10.0. The smallest absolute Gasteiger partial charge is 0.370 e. The van der Waals surface area contributed by atoms with Crippen molar-refractivity contribution in [2.75, 3.05) is 49.1 Å². The number of rotatable bonds is 6. The van der Waals surface area contributed by atoms with Gasteiger partial charge in [-0.3, -0.25) is 4.79 Å². The number of anilines is 2. The molecule has 7 heteroatoms. The van der Waals surface area contributed by atoms with E-state index >= 15 is 0 Å². The maximum Gasteiger partial charge on any atom is 0.389 e. The van der Waals surface area contributed by atoms with Crippen molar-refractivity contribution < 1.29 is 18.0 Å². The van der Waals surface area contributed by atoms with Crippen LogP contribution in [0.4, 0.5) is 24.5 Å². The van der Waals surface area contributed by atoms with Crippen LogP contribution in [-0.2, 0) is 0 Å². The Morgan fingerprint density at radius 3 is 2.52 bits per heavy atom. The van der Waals surface area contributed by atoms with Crippen LogP contribution in [-0.4, -0.2) is 56.3 Å². The first-order chi connectivity index (χ1) is 14.7. The molecule has 4 rings (SSSR count). The van der Waals surface area contributed by atoms with Crippen LogP contribution in [0, 0.1) is 5.92 Å². The fourth-order valence-corrected chi connectivity index (χ4v) is 4.88. The average Bonchev–Trinajstić information content (AvgIpc) is 2.84. The Kier molecular flexibility index (Phi) is 6.15. The first kappa shape index (κ1) is 21.9.